The zero-order chi connectivity index (χ0) is 13.0. The van der Waals surface area contributed by atoms with Crippen molar-refractivity contribution in [2.45, 2.75) is 6.92 Å². The van der Waals surface area contributed by atoms with Crippen LogP contribution in [0.15, 0.2) is 48.5 Å². The highest BCUT2D eigenvalue weighted by atomic mass is 16.5. The lowest BCUT2D eigenvalue weighted by Gasteiger charge is -2.24. The molecule has 0 aliphatic carbocycles. The minimum atomic E-state index is 0.707. The van der Waals surface area contributed by atoms with Crippen LogP contribution in [0.25, 0.3) is 0 Å². The molecule has 0 fully saturated rings. The molecule has 0 bridgehead atoms. The number of hydrogen-bond acceptors (Lipinski definition) is 3. The third-order valence-electron chi connectivity index (χ3n) is 2.85. The van der Waals surface area contributed by atoms with Gasteiger partial charge in [0, 0.05) is 35.7 Å². The quantitative estimate of drug-likeness (QED) is 0.835. The molecule has 0 saturated carbocycles. The second-order valence-corrected chi connectivity index (χ2v) is 4.04. The summed E-state index contributed by atoms with van der Waals surface area (Å²) in [6.45, 7) is 2.99. The van der Waals surface area contributed by atoms with E-state index >= 15 is 0 Å². The molecule has 3 nitrogen and oxygen atoms in total. The van der Waals surface area contributed by atoms with Crippen molar-refractivity contribution in [2.24, 2.45) is 0 Å². The van der Waals surface area contributed by atoms with Crippen LogP contribution < -0.4 is 15.4 Å². The second-order valence-electron chi connectivity index (χ2n) is 4.04. The highest BCUT2D eigenvalue weighted by molar-refractivity contribution is 5.68. The molecule has 2 rings (SSSR count). The molecule has 0 unspecified atom stereocenters. The summed E-state index contributed by atoms with van der Waals surface area (Å²) in [5.41, 5.74) is 8.79. The summed E-state index contributed by atoms with van der Waals surface area (Å²) < 4.78 is 5.26. The molecule has 2 N–H and O–H groups in total. The number of rotatable bonds is 4. The van der Waals surface area contributed by atoms with Gasteiger partial charge in [0.1, 0.15) is 5.75 Å². The van der Waals surface area contributed by atoms with E-state index in [0.29, 0.717) is 5.69 Å². The molecule has 0 amide bonds. The van der Waals surface area contributed by atoms with Crippen LogP contribution in [-0.4, -0.2) is 13.7 Å². The molecule has 94 valence electrons. The largest absolute Gasteiger partial charge is 0.497 e. The maximum Gasteiger partial charge on any atom is 0.122 e. The van der Waals surface area contributed by atoms with Crippen molar-refractivity contribution < 1.29 is 4.74 Å². The van der Waals surface area contributed by atoms with E-state index in [0.717, 1.165) is 23.7 Å². The van der Waals surface area contributed by atoms with Gasteiger partial charge in [-0.2, -0.15) is 0 Å². The van der Waals surface area contributed by atoms with Gasteiger partial charge in [0.05, 0.1) is 7.11 Å². The summed E-state index contributed by atoms with van der Waals surface area (Å²) in [6.07, 6.45) is 0. The molecule has 18 heavy (non-hydrogen) atoms. The number of nitrogen functional groups attached to an aromatic ring is 1. The number of nitrogens with two attached hydrogens (primary N) is 1. The van der Waals surface area contributed by atoms with Crippen LogP contribution in [-0.2, 0) is 0 Å². The Labute approximate surface area is 108 Å². The lowest BCUT2D eigenvalue weighted by Crippen LogP contribution is -2.16. The lowest BCUT2D eigenvalue weighted by molar-refractivity contribution is 0.415. The molecule has 0 aliphatic rings. The maximum absolute atomic E-state index is 5.90. The predicted molar refractivity (Wildman–Crippen MR) is 76.5 cm³/mol. The van der Waals surface area contributed by atoms with Gasteiger partial charge in [0.2, 0.25) is 0 Å². The fraction of sp³-hybridized carbons (Fsp3) is 0.200. The summed E-state index contributed by atoms with van der Waals surface area (Å²) in [5.74, 6) is 0.777. The van der Waals surface area contributed by atoms with E-state index < -0.39 is 0 Å². The predicted octanol–water partition coefficient (Wildman–Crippen LogP) is 3.44. The lowest BCUT2D eigenvalue weighted by atomic mass is 10.2. The summed E-state index contributed by atoms with van der Waals surface area (Å²) >= 11 is 0. The molecular weight excluding hydrogens is 224 g/mol. The van der Waals surface area contributed by atoms with Crippen LogP contribution in [0.1, 0.15) is 6.92 Å². The Morgan fingerprint density at radius 2 is 1.78 bits per heavy atom. The second kappa shape index (κ2) is 5.45. The van der Waals surface area contributed by atoms with Gasteiger partial charge in [-0.15, -0.1) is 0 Å². The topological polar surface area (TPSA) is 38.5 Å². The number of anilines is 3. The van der Waals surface area contributed by atoms with Gasteiger partial charge in [0.15, 0.2) is 0 Å². The number of para-hydroxylation sites is 1. The van der Waals surface area contributed by atoms with Crippen LogP contribution in [0.4, 0.5) is 17.1 Å². The highest BCUT2D eigenvalue weighted by Crippen LogP contribution is 2.30. The molecule has 0 spiro atoms. The van der Waals surface area contributed by atoms with E-state index in [2.05, 4.69) is 24.0 Å². The van der Waals surface area contributed by atoms with Crippen LogP contribution in [0.3, 0.4) is 0 Å². The number of nitrogens with zero attached hydrogens (tertiary/aromatic N) is 1. The average Bonchev–Trinajstić information content (AvgIpc) is 2.40. The smallest absolute Gasteiger partial charge is 0.122 e. The number of ether oxygens (including phenoxy) is 1. The first kappa shape index (κ1) is 12.3. The standard InChI is InChI=1S/C15H18N2O/c1-3-17(13-7-5-4-6-8-13)14-9-12(16)10-15(11-14)18-2/h4-11H,3,16H2,1-2H3. The number of benzene rings is 2. The SMILES string of the molecule is CCN(c1ccccc1)c1cc(N)cc(OC)c1. The van der Waals surface area contributed by atoms with Crippen molar-refractivity contribution in [2.75, 3.05) is 24.3 Å². The van der Waals surface area contributed by atoms with E-state index in [1.54, 1.807) is 7.11 Å². The minimum Gasteiger partial charge on any atom is -0.497 e. The van der Waals surface area contributed by atoms with Crippen molar-refractivity contribution in [3.8, 4) is 5.75 Å². The summed E-state index contributed by atoms with van der Waals surface area (Å²) in [5, 5.41) is 0. The third kappa shape index (κ3) is 2.56. The van der Waals surface area contributed by atoms with Crippen molar-refractivity contribution in [1.29, 1.82) is 0 Å². The first-order chi connectivity index (χ1) is 8.74. The first-order valence-corrected chi connectivity index (χ1v) is 6.01. The van der Waals surface area contributed by atoms with Crippen LogP contribution in [0.2, 0.25) is 0 Å². The van der Waals surface area contributed by atoms with Gasteiger partial charge >= 0.3 is 0 Å². The van der Waals surface area contributed by atoms with Crippen LogP contribution in [0, 0.1) is 0 Å². The molecule has 0 heterocycles. The zero-order valence-corrected chi connectivity index (χ0v) is 10.8. The van der Waals surface area contributed by atoms with E-state index in [4.69, 9.17) is 10.5 Å². The van der Waals surface area contributed by atoms with Gasteiger partial charge < -0.3 is 15.4 Å². The molecule has 0 aliphatic heterocycles. The van der Waals surface area contributed by atoms with E-state index in [9.17, 15) is 0 Å². The summed E-state index contributed by atoms with van der Waals surface area (Å²) in [7, 11) is 1.65. The van der Waals surface area contributed by atoms with Gasteiger partial charge in [-0.25, -0.2) is 0 Å². The molecule has 2 aromatic rings. The Morgan fingerprint density at radius 1 is 1.06 bits per heavy atom. The fourth-order valence-corrected chi connectivity index (χ4v) is 2.00. The summed E-state index contributed by atoms with van der Waals surface area (Å²) in [6, 6.07) is 16.0. The van der Waals surface area contributed by atoms with Gasteiger partial charge in [-0.1, -0.05) is 18.2 Å². The molecule has 0 radical (unpaired) electrons. The third-order valence-corrected chi connectivity index (χ3v) is 2.85. The monoisotopic (exact) mass is 242 g/mol. The van der Waals surface area contributed by atoms with Crippen molar-refractivity contribution in [3.05, 3.63) is 48.5 Å². The Morgan fingerprint density at radius 3 is 2.39 bits per heavy atom. The normalized spacial score (nSPS) is 10.1. The Balaban J connectivity index is 2.42. The zero-order valence-electron chi connectivity index (χ0n) is 10.8. The van der Waals surface area contributed by atoms with Crippen molar-refractivity contribution in [3.63, 3.8) is 0 Å². The van der Waals surface area contributed by atoms with E-state index in [-0.39, 0.29) is 0 Å². The minimum absolute atomic E-state index is 0.707. The Bertz CT molecular complexity index is 511. The highest BCUT2D eigenvalue weighted by Gasteiger charge is 2.08. The van der Waals surface area contributed by atoms with E-state index in [1.807, 2.05) is 36.4 Å². The van der Waals surface area contributed by atoms with Crippen LogP contribution in [0.5, 0.6) is 5.75 Å². The Hall–Kier alpha value is -2.16. The molecule has 3 heteroatoms. The fourth-order valence-electron chi connectivity index (χ4n) is 2.00. The number of hydrogen-bond donors (Lipinski definition) is 1. The van der Waals surface area contributed by atoms with Crippen molar-refractivity contribution in [1.82, 2.24) is 0 Å². The molecule has 2 aromatic carbocycles. The maximum atomic E-state index is 5.90. The first-order valence-electron chi connectivity index (χ1n) is 6.01. The van der Waals surface area contributed by atoms with Gasteiger partial charge in [-0.05, 0) is 25.1 Å². The van der Waals surface area contributed by atoms with Crippen molar-refractivity contribution >= 4 is 17.1 Å². The molecular formula is C15H18N2O. The number of methoxy groups -OCH3 is 1. The van der Waals surface area contributed by atoms with Gasteiger partial charge in [0.25, 0.3) is 0 Å². The molecule has 0 atom stereocenters. The molecule has 0 aromatic heterocycles. The average molecular weight is 242 g/mol. The molecule has 0 saturated heterocycles. The van der Waals surface area contributed by atoms with Crippen LogP contribution >= 0.6 is 0 Å². The van der Waals surface area contributed by atoms with Gasteiger partial charge in [-0.3, -0.25) is 0 Å². The van der Waals surface area contributed by atoms with E-state index in [1.165, 1.54) is 0 Å². The Kier molecular flexibility index (Phi) is 3.72. The summed E-state index contributed by atoms with van der Waals surface area (Å²) in [4.78, 5) is 2.19.